The Hall–Kier alpha value is -1.52. The van der Waals surface area contributed by atoms with Gasteiger partial charge < -0.3 is 10.6 Å². The average Bonchev–Trinajstić information content (AvgIpc) is 2.48. The number of anilines is 1. The van der Waals surface area contributed by atoms with Gasteiger partial charge in [-0.15, -0.1) is 0 Å². The van der Waals surface area contributed by atoms with Gasteiger partial charge in [0.2, 0.25) is 5.91 Å². The van der Waals surface area contributed by atoms with Crippen LogP contribution in [0.4, 0.5) is 5.69 Å². The third kappa shape index (κ3) is 3.14. The van der Waals surface area contributed by atoms with Crippen molar-refractivity contribution in [3.8, 4) is 0 Å². The molecule has 1 atom stereocenters. The summed E-state index contributed by atoms with van der Waals surface area (Å²) < 4.78 is 0. The molecule has 3 rings (SSSR count). The molecule has 0 spiro atoms. The second-order valence-electron chi connectivity index (χ2n) is 5.00. The van der Waals surface area contributed by atoms with Gasteiger partial charge in [-0.3, -0.25) is 4.79 Å². The van der Waals surface area contributed by atoms with E-state index in [4.69, 9.17) is 0 Å². The highest BCUT2D eigenvalue weighted by Gasteiger charge is 2.17. The fourth-order valence-electron chi connectivity index (χ4n) is 2.51. The number of carbonyl (C=O) groups excluding carboxylic acids is 1. The maximum Gasteiger partial charge on any atom is 0.225 e. The van der Waals surface area contributed by atoms with Crippen molar-refractivity contribution in [3.63, 3.8) is 0 Å². The van der Waals surface area contributed by atoms with Crippen molar-refractivity contribution in [2.75, 3.05) is 23.4 Å². The van der Waals surface area contributed by atoms with Gasteiger partial charge in [0.05, 0.1) is 0 Å². The second kappa shape index (κ2) is 6.29. The SMILES string of the molecule is O=C(CC1CSCCN1)Nc1cccc2ccccc12. The standard InChI is InChI=1S/C16H18N2OS/c19-16(10-13-11-20-9-8-17-13)18-15-7-3-5-12-4-1-2-6-14(12)15/h1-7,13,17H,8-11H2,(H,18,19). The first-order valence-electron chi connectivity index (χ1n) is 6.92. The summed E-state index contributed by atoms with van der Waals surface area (Å²) in [4.78, 5) is 12.2. The lowest BCUT2D eigenvalue weighted by atomic mass is 10.1. The lowest BCUT2D eigenvalue weighted by Crippen LogP contribution is -2.39. The lowest BCUT2D eigenvalue weighted by molar-refractivity contribution is -0.116. The van der Waals surface area contributed by atoms with Crippen LogP contribution in [0.3, 0.4) is 0 Å². The molecule has 0 aromatic heterocycles. The maximum atomic E-state index is 12.2. The number of amides is 1. The Morgan fingerprint density at radius 2 is 2.10 bits per heavy atom. The predicted octanol–water partition coefficient (Wildman–Crippen LogP) is 2.87. The minimum Gasteiger partial charge on any atom is -0.325 e. The van der Waals surface area contributed by atoms with Gasteiger partial charge in [-0.25, -0.2) is 0 Å². The Labute approximate surface area is 123 Å². The smallest absolute Gasteiger partial charge is 0.225 e. The number of carbonyl (C=O) groups is 1. The minimum atomic E-state index is 0.0846. The van der Waals surface area contributed by atoms with E-state index in [1.165, 1.54) is 0 Å². The van der Waals surface area contributed by atoms with Gasteiger partial charge in [-0.05, 0) is 11.5 Å². The first kappa shape index (κ1) is 13.5. The van der Waals surface area contributed by atoms with E-state index < -0.39 is 0 Å². The zero-order valence-electron chi connectivity index (χ0n) is 11.3. The summed E-state index contributed by atoms with van der Waals surface area (Å²) in [5, 5.41) is 8.68. The number of nitrogens with one attached hydrogen (secondary N) is 2. The molecule has 2 aromatic rings. The molecule has 0 bridgehead atoms. The van der Waals surface area contributed by atoms with Crippen molar-refractivity contribution in [3.05, 3.63) is 42.5 Å². The third-order valence-electron chi connectivity index (χ3n) is 3.49. The lowest BCUT2D eigenvalue weighted by Gasteiger charge is -2.22. The largest absolute Gasteiger partial charge is 0.325 e. The molecule has 0 saturated carbocycles. The molecule has 2 aromatic carbocycles. The molecule has 1 amide bonds. The zero-order valence-corrected chi connectivity index (χ0v) is 12.1. The Balaban J connectivity index is 1.71. The van der Waals surface area contributed by atoms with Crippen molar-refractivity contribution in [1.29, 1.82) is 0 Å². The minimum absolute atomic E-state index is 0.0846. The van der Waals surface area contributed by atoms with Gasteiger partial charge in [-0.2, -0.15) is 11.8 Å². The molecule has 1 fully saturated rings. The molecule has 1 aliphatic rings. The molecule has 4 heteroatoms. The van der Waals surface area contributed by atoms with Gasteiger partial charge in [0, 0.05) is 41.6 Å². The van der Waals surface area contributed by atoms with Gasteiger partial charge in [0.15, 0.2) is 0 Å². The van der Waals surface area contributed by atoms with E-state index >= 15 is 0 Å². The summed E-state index contributed by atoms with van der Waals surface area (Å²) in [5.74, 6) is 2.24. The molecular weight excluding hydrogens is 268 g/mol. The highest BCUT2D eigenvalue weighted by Crippen LogP contribution is 2.23. The number of rotatable bonds is 3. The van der Waals surface area contributed by atoms with Crippen LogP contribution in [0.5, 0.6) is 0 Å². The molecule has 0 radical (unpaired) electrons. The second-order valence-corrected chi connectivity index (χ2v) is 6.15. The summed E-state index contributed by atoms with van der Waals surface area (Å²) in [5.41, 5.74) is 0.900. The van der Waals surface area contributed by atoms with Crippen LogP contribution in [-0.4, -0.2) is 30.0 Å². The van der Waals surface area contributed by atoms with Crippen molar-refractivity contribution in [1.82, 2.24) is 5.32 Å². The molecule has 3 nitrogen and oxygen atoms in total. The summed E-state index contributed by atoms with van der Waals surface area (Å²) >= 11 is 1.91. The Morgan fingerprint density at radius 3 is 2.95 bits per heavy atom. The number of fused-ring (bicyclic) bond motifs is 1. The molecule has 0 aliphatic carbocycles. The molecule has 1 aliphatic heterocycles. The van der Waals surface area contributed by atoms with Crippen LogP contribution in [0.15, 0.2) is 42.5 Å². The number of hydrogen-bond donors (Lipinski definition) is 2. The van der Waals surface area contributed by atoms with Crippen LogP contribution in [0.25, 0.3) is 10.8 Å². The summed E-state index contributed by atoms with van der Waals surface area (Å²) in [7, 11) is 0. The fourth-order valence-corrected chi connectivity index (χ4v) is 3.46. The first-order valence-corrected chi connectivity index (χ1v) is 8.07. The Bertz CT molecular complexity index is 603. The quantitative estimate of drug-likeness (QED) is 0.911. The zero-order chi connectivity index (χ0) is 13.8. The van der Waals surface area contributed by atoms with E-state index in [0.717, 1.165) is 34.5 Å². The predicted molar refractivity (Wildman–Crippen MR) is 86.3 cm³/mol. The first-order chi connectivity index (χ1) is 9.83. The van der Waals surface area contributed by atoms with Crippen LogP contribution in [0.1, 0.15) is 6.42 Å². The molecule has 1 heterocycles. The molecular formula is C16H18N2OS. The fraction of sp³-hybridized carbons (Fsp3) is 0.312. The summed E-state index contributed by atoms with van der Waals surface area (Å²) in [6.45, 7) is 0.997. The van der Waals surface area contributed by atoms with Gasteiger partial charge >= 0.3 is 0 Å². The van der Waals surface area contributed by atoms with Crippen LogP contribution in [0.2, 0.25) is 0 Å². The molecule has 20 heavy (non-hydrogen) atoms. The third-order valence-corrected chi connectivity index (χ3v) is 4.62. The maximum absolute atomic E-state index is 12.2. The molecule has 2 N–H and O–H groups in total. The van der Waals surface area contributed by atoms with E-state index in [-0.39, 0.29) is 5.91 Å². The van der Waals surface area contributed by atoms with E-state index in [2.05, 4.69) is 22.8 Å². The summed E-state index contributed by atoms with van der Waals surface area (Å²) in [6, 6.07) is 14.4. The molecule has 1 unspecified atom stereocenters. The van der Waals surface area contributed by atoms with Gasteiger partial charge in [-0.1, -0.05) is 36.4 Å². The van der Waals surface area contributed by atoms with Crippen LogP contribution in [0, 0.1) is 0 Å². The van der Waals surface area contributed by atoms with E-state index in [1.54, 1.807) is 0 Å². The van der Waals surface area contributed by atoms with Crippen molar-refractivity contribution in [2.24, 2.45) is 0 Å². The average molecular weight is 286 g/mol. The topological polar surface area (TPSA) is 41.1 Å². The van der Waals surface area contributed by atoms with Crippen LogP contribution in [-0.2, 0) is 4.79 Å². The van der Waals surface area contributed by atoms with Gasteiger partial charge in [0.25, 0.3) is 0 Å². The monoisotopic (exact) mass is 286 g/mol. The number of benzene rings is 2. The summed E-state index contributed by atoms with van der Waals surface area (Å²) in [6.07, 6.45) is 0.538. The van der Waals surface area contributed by atoms with E-state index in [9.17, 15) is 4.79 Å². The highest BCUT2D eigenvalue weighted by molar-refractivity contribution is 7.99. The Morgan fingerprint density at radius 1 is 1.25 bits per heavy atom. The van der Waals surface area contributed by atoms with Crippen molar-refractivity contribution >= 4 is 34.1 Å². The van der Waals surface area contributed by atoms with Crippen molar-refractivity contribution in [2.45, 2.75) is 12.5 Å². The van der Waals surface area contributed by atoms with Crippen molar-refractivity contribution < 1.29 is 4.79 Å². The molecule has 1 saturated heterocycles. The van der Waals surface area contributed by atoms with E-state index in [1.807, 2.05) is 42.1 Å². The Kier molecular flexibility index (Phi) is 4.23. The number of thioether (sulfide) groups is 1. The highest BCUT2D eigenvalue weighted by atomic mass is 32.2. The number of hydrogen-bond acceptors (Lipinski definition) is 3. The van der Waals surface area contributed by atoms with Gasteiger partial charge in [0.1, 0.15) is 0 Å². The van der Waals surface area contributed by atoms with E-state index in [0.29, 0.717) is 12.5 Å². The molecule has 104 valence electrons. The van der Waals surface area contributed by atoms with Crippen LogP contribution >= 0.6 is 11.8 Å². The van der Waals surface area contributed by atoms with Crippen LogP contribution < -0.4 is 10.6 Å². The normalized spacial score (nSPS) is 18.9.